The molecule has 0 aliphatic carbocycles. The molecular weight excluding hydrogens is 417 g/mol. The largest absolute Gasteiger partial charge is 0.284 e. The number of fused-ring (bicyclic) bond motifs is 1. The van der Waals surface area contributed by atoms with Gasteiger partial charge in [-0.25, -0.2) is 9.97 Å². The van der Waals surface area contributed by atoms with Gasteiger partial charge in [0.05, 0.1) is 10.9 Å². The van der Waals surface area contributed by atoms with Gasteiger partial charge in [0.25, 0.3) is 5.56 Å². The Bertz CT molecular complexity index is 1260. The molecule has 2 aromatic carbocycles. The van der Waals surface area contributed by atoms with Crippen LogP contribution in [0.4, 0.5) is 0 Å². The molecule has 0 aliphatic heterocycles. The van der Waals surface area contributed by atoms with Crippen LogP contribution in [0, 0.1) is 0 Å². The minimum Gasteiger partial charge on any atom is -0.284 e. The molecule has 2 aromatic heterocycles. The van der Waals surface area contributed by atoms with Gasteiger partial charge in [-0.3, -0.25) is 14.2 Å². The molecule has 2 heterocycles. The number of benzene rings is 2. The molecule has 0 unspecified atom stereocenters. The van der Waals surface area contributed by atoms with Crippen LogP contribution in [0.15, 0.2) is 65.2 Å². The molecule has 0 spiro atoms. The van der Waals surface area contributed by atoms with E-state index < -0.39 is 0 Å². The molecule has 8 heteroatoms. The van der Waals surface area contributed by atoms with Gasteiger partial charge in [0.2, 0.25) is 5.78 Å². The lowest BCUT2D eigenvalue weighted by Crippen LogP contribution is -2.23. The van der Waals surface area contributed by atoms with Gasteiger partial charge in [0.15, 0.2) is 5.01 Å². The minimum atomic E-state index is -0.373. The molecule has 0 saturated carbocycles. The van der Waals surface area contributed by atoms with E-state index >= 15 is 0 Å². The predicted molar refractivity (Wildman–Crippen MR) is 113 cm³/mol. The first-order valence-electron chi connectivity index (χ1n) is 8.12. The van der Waals surface area contributed by atoms with Gasteiger partial charge in [0, 0.05) is 21.6 Å². The standard InChI is InChI=1S/C20H11Cl2N3O2S/c21-13-3-1-12(2-4-13)9-17(18(26)19-23-7-8-28-19)25-11-24-16-10-14(22)5-6-15(16)20(25)27/h1-11H/b17-9-. The summed E-state index contributed by atoms with van der Waals surface area (Å²) in [5.41, 5.74) is 0.951. The summed E-state index contributed by atoms with van der Waals surface area (Å²) in [5.74, 6) is -0.373. The maximum absolute atomic E-state index is 13.1. The first-order chi connectivity index (χ1) is 13.5. The quantitative estimate of drug-likeness (QED) is 0.338. The number of thiazole rings is 1. The van der Waals surface area contributed by atoms with Gasteiger partial charge in [-0.1, -0.05) is 35.3 Å². The highest BCUT2D eigenvalue weighted by Crippen LogP contribution is 2.21. The van der Waals surface area contributed by atoms with Crippen molar-refractivity contribution in [2.24, 2.45) is 0 Å². The van der Waals surface area contributed by atoms with Crippen molar-refractivity contribution in [2.75, 3.05) is 0 Å². The van der Waals surface area contributed by atoms with Gasteiger partial charge >= 0.3 is 0 Å². The highest BCUT2D eigenvalue weighted by atomic mass is 35.5. The van der Waals surface area contributed by atoms with Crippen LogP contribution < -0.4 is 5.56 Å². The number of carbonyl (C=O) groups excluding carboxylic acids is 1. The fraction of sp³-hybridized carbons (Fsp3) is 0. The molecule has 138 valence electrons. The Hall–Kier alpha value is -2.80. The van der Waals surface area contributed by atoms with Crippen LogP contribution in [0.1, 0.15) is 15.4 Å². The second-order valence-electron chi connectivity index (χ2n) is 5.83. The van der Waals surface area contributed by atoms with E-state index in [1.165, 1.54) is 22.2 Å². The summed E-state index contributed by atoms with van der Waals surface area (Å²) in [7, 11) is 0. The summed E-state index contributed by atoms with van der Waals surface area (Å²) in [6.45, 7) is 0. The molecular formula is C20H11Cl2N3O2S. The predicted octanol–water partition coefficient (Wildman–Crippen LogP) is 5.04. The normalized spacial score (nSPS) is 11.7. The van der Waals surface area contributed by atoms with E-state index in [1.807, 2.05) is 0 Å². The fourth-order valence-electron chi connectivity index (χ4n) is 2.67. The Morgan fingerprint density at radius 3 is 2.50 bits per heavy atom. The molecule has 28 heavy (non-hydrogen) atoms. The molecule has 0 bridgehead atoms. The molecule has 0 aliphatic rings. The van der Waals surface area contributed by atoms with Gasteiger partial charge in [-0.05, 0) is 42.0 Å². The van der Waals surface area contributed by atoms with Gasteiger partial charge in [-0.2, -0.15) is 0 Å². The number of aromatic nitrogens is 3. The van der Waals surface area contributed by atoms with Gasteiger partial charge in [0.1, 0.15) is 12.0 Å². The third-order valence-corrected chi connectivity index (χ3v) is 5.27. The van der Waals surface area contributed by atoms with E-state index in [4.69, 9.17) is 23.2 Å². The van der Waals surface area contributed by atoms with Gasteiger partial charge in [-0.15, -0.1) is 11.3 Å². The fourth-order valence-corrected chi connectivity index (χ4v) is 3.55. The number of hydrogen-bond acceptors (Lipinski definition) is 5. The molecule has 0 radical (unpaired) electrons. The van der Waals surface area contributed by atoms with Crippen LogP contribution in [0.3, 0.4) is 0 Å². The number of Topliss-reactive ketones (excluding diaryl/α,β-unsaturated/α-hetero) is 1. The van der Waals surface area contributed by atoms with Crippen molar-refractivity contribution in [3.05, 3.63) is 91.3 Å². The van der Waals surface area contributed by atoms with Crippen molar-refractivity contribution in [2.45, 2.75) is 0 Å². The van der Waals surface area contributed by atoms with Crippen molar-refractivity contribution >= 4 is 63.0 Å². The van der Waals surface area contributed by atoms with Crippen LogP contribution in [0.25, 0.3) is 22.7 Å². The maximum Gasteiger partial charge on any atom is 0.265 e. The zero-order valence-corrected chi connectivity index (χ0v) is 16.5. The SMILES string of the molecule is O=C(/C(=C/c1ccc(Cl)cc1)n1cnc2cc(Cl)ccc2c1=O)c1nccs1. The van der Waals surface area contributed by atoms with E-state index in [0.29, 0.717) is 26.5 Å². The van der Waals surface area contributed by atoms with E-state index in [-0.39, 0.29) is 22.0 Å². The number of carbonyl (C=O) groups is 1. The molecule has 5 nitrogen and oxygen atoms in total. The number of halogens is 2. The first-order valence-corrected chi connectivity index (χ1v) is 9.75. The Labute approximate surface area is 173 Å². The summed E-state index contributed by atoms with van der Waals surface area (Å²) >= 11 is 13.1. The lowest BCUT2D eigenvalue weighted by molar-refractivity contribution is 0.105. The molecule has 0 saturated heterocycles. The minimum absolute atomic E-state index is 0.145. The van der Waals surface area contributed by atoms with Crippen molar-refractivity contribution < 1.29 is 4.79 Å². The van der Waals surface area contributed by atoms with E-state index in [2.05, 4.69) is 9.97 Å². The molecule has 0 atom stereocenters. The average Bonchev–Trinajstić information content (AvgIpc) is 3.22. The number of ketones is 1. The lowest BCUT2D eigenvalue weighted by atomic mass is 10.1. The summed E-state index contributed by atoms with van der Waals surface area (Å²) in [6.07, 6.45) is 4.49. The Kier molecular flexibility index (Phi) is 5.09. The van der Waals surface area contributed by atoms with Crippen LogP contribution in [0.2, 0.25) is 10.0 Å². The van der Waals surface area contributed by atoms with Crippen LogP contribution >= 0.6 is 34.5 Å². The van der Waals surface area contributed by atoms with Crippen LogP contribution in [-0.4, -0.2) is 20.3 Å². The molecule has 0 amide bonds. The van der Waals surface area contributed by atoms with E-state index in [1.54, 1.807) is 60.1 Å². The summed E-state index contributed by atoms with van der Waals surface area (Å²) in [6, 6.07) is 11.8. The third kappa shape index (κ3) is 3.62. The summed E-state index contributed by atoms with van der Waals surface area (Å²) < 4.78 is 1.23. The zero-order chi connectivity index (χ0) is 19.7. The number of nitrogens with zero attached hydrogens (tertiary/aromatic N) is 3. The highest BCUT2D eigenvalue weighted by molar-refractivity contribution is 7.12. The second kappa shape index (κ2) is 7.67. The Balaban J connectivity index is 1.93. The monoisotopic (exact) mass is 427 g/mol. The van der Waals surface area contributed by atoms with Crippen LogP contribution in [-0.2, 0) is 0 Å². The van der Waals surface area contributed by atoms with E-state index in [9.17, 15) is 9.59 Å². The topological polar surface area (TPSA) is 64.8 Å². The highest BCUT2D eigenvalue weighted by Gasteiger charge is 2.19. The van der Waals surface area contributed by atoms with Gasteiger partial charge < -0.3 is 0 Å². The van der Waals surface area contributed by atoms with Crippen molar-refractivity contribution in [1.29, 1.82) is 0 Å². The summed E-state index contributed by atoms with van der Waals surface area (Å²) in [4.78, 5) is 34.5. The smallest absolute Gasteiger partial charge is 0.265 e. The first kappa shape index (κ1) is 18.6. The molecule has 0 N–H and O–H groups in total. The summed E-state index contributed by atoms with van der Waals surface area (Å²) in [5, 5.41) is 3.40. The number of hydrogen-bond donors (Lipinski definition) is 0. The lowest BCUT2D eigenvalue weighted by Gasteiger charge is -2.10. The molecule has 4 aromatic rings. The maximum atomic E-state index is 13.1. The Morgan fingerprint density at radius 2 is 1.79 bits per heavy atom. The molecule has 4 rings (SSSR count). The molecule has 0 fully saturated rings. The number of rotatable bonds is 4. The van der Waals surface area contributed by atoms with Crippen LogP contribution in [0.5, 0.6) is 0 Å². The van der Waals surface area contributed by atoms with Crippen molar-refractivity contribution in [3.8, 4) is 0 Å². The van der Waals surface area contributed by atoms with E-state index in [0.717, 1.165) is 0 Å². The Morgan fingerprint density at radius 1 is 1.04 bits per heavy atom. The van der Waals surface area contributed by atoms with Crippen molar-refractivity contribution in [1.82, 2.24) is 14.5 Å². The van der Waals surface area contributed by atoms with Crippen molar-refractivity contribution in [3.63, 3.8) is 0 Å². The number of allylic oxidation sites excluding steroid dienone is 1. The zero-order valence-electron chi connectivity index (χ0n) is 14.2. The third-order valence-electron chi connectivity index (χ3n) is 4.01. The average molecular weight is 428 g/mol. The second-order valence-corrected chi connectivity index (χ2v) is 7.60.